The molecule has 0 radical (unpaired) electrons. The summed E-state index contributed by atoms with van der Waals surface area (Å²) in [5, 5.41) is 0. The number of hydrogen-bond acceptors (Lipinski definition) is 3. The number of ether oxygens (including phenoxy) is 1. The first-order valence-electron chi connectivity index (χ1n) is 6.14. The lowest BCUT2D eigenvalue weighted by atomic mass is 9.96. The van der Waals surface area contributed by atoms with Crippen molar-refractivity contribution >= 4 is 5.69 Å². The number of aryl methyl sites for hydroxylation is 1. The first-order chi connectivity index (χ1) is 7.96. The minimum Gasteiger partial charge on any atom is -0.495 e. The van der Waals surface area contributed by atoms with Gasteiger partial charge < -0.3 is 15.4 Å². The lowest BCUT2D eigenvalue weighted by molar-refractivity contribution is 0.405. The molecular formula is C14H22N2O. The maximum absolute atomic E-state index is 6.19. The molecule has 2 N–H and O–H groups in total. The van der Waals surface area contributed by atoms with Crippen molar-refractivity contribution in [3.8, 4) is 5.75 Å². The van der Waals surface area contributed by atoms with Crippen LogP contribution in [0.25, 0.3) is 0 Å². The Hall–Kier alpha value is -1.22. The summed E-state index contributed by atoms with van der Waals surface area (Å²) < 4.78 is 5.46. The summed E-state index contributed by atoms with van der Waals surface area (Å²) >= 11 is 0. The van der Waals surface area contributed by atoms with Crippen LogP contribution in [-0.4, -0.2) is 25.2 Å². The van der Waals surface area contributed by atoms with E-state index in [1.807, 2.05) is 6.07 Å². The summed E-state index contributed by atoms with van der Waals surface area (Å²) in [5.74, 6) is 0.928. The van der Waals surface area contributed by atoms with E-state index in [4.69, 9.17) is 10.5 Å². The van der Waals surface area contributed by atoms with Crippen molar-refractivity contribution in [2.45, 2.75) is 38.8 Å². The molecule has 0 saturated carbocycles. The van der Waals surface area contributed by atoms with Crippen LogP contribution in [0.1, 0.15) is 25.8 Å². The Balaban J connectivity index is 2.43. The third-order valence-electron chi connectivity index (χ3n) is 3.89. The second-order valence-electron chi connectivity index (χ2n) is 5.38. The van der Waals surface area contributed by atoms with E-state index in [0.717, 1.165) is 24.4 Å². The Morgan fingerprint density at radius 2 is 2.12 bits per heavy atom. The number of nitrogens with two attached hydrogens (primary N) is 1. The highest BCUT2D eigenvalue weighted by molar-refractivity contribution is 5.62. The van der Waals surface area contributed by atoms with Gasteiger partial charge in [0.05, 0.1) is 12.8 Å². The standard InChI is InChI=1S/C14H22N2O/c1-10-5-6-12(17-4)11(9-10)16-8-7-13(15)14(16,2)3/h5-6,9,13H,7-8,15H2,1-4H3. The predicted molar refractivity (Wildman–Crippen MR) is 71.7 cm³/mol. The number of methoxy groups -OCH3 is 1. The van der Waals surface area contributed by atoms with Crippen LogP contribution in [0.3, 0.4) is 0 Å². The van der Waals surface area contributed by atoms with E-state index in [-0.39, 0.29) is 11.6 Å². The van der Waals surface area contributed by atoms with E-state index in [1.165, 1.54) is 5.56 Å². The van der Waals surface area contributed by atoms with Crippen molar-refractivity contribution < 1.29 is 4.74 Å². The molecule has 0 spiro atoms. The van der Waals surface area contributed by atoms with E-state index in [9.17, 15) is 0 Å². The molecule has 1 atom stereocenters. The molecule has 1 aliphatic heterocycles. The molecule has 3 heteroatoms. The molecule has 0 aromatic heterocycles. The Kier molecular flexibility index (Phi) is 3.04. The quantitative estimate of drug-likeness (QED) is 0.853. The second kappa shape index (κ2) is 4.22. The summed E-state index contributed by atoms with van der Waals surface area (Å²) in [5.41, 5.74) is 8.58. The van der Waals surface area contributed by atoms with Crippen molar-refractivity contribution in [1.82, 2.24) is 0 Å². The zero-order valence-electron chi connectivity index (χ0n) is 11.2. The number of rotatable bonds is 2. The van der Waals surface area contributed by atoms with Crippen molar-refractivity contribution in [3.63, 3.8) is 0 Å². The van der Waals surface area contributed by atoms with Gasteiger partial charge in [-0.15, -0.1) is 0 Å². The maximum Gasteiger partial charge on any atom is 0.142 e. The fraction of sp³-hybridized carbons (Fsp3) is 0.571. The van der Waals surface area contributed by atoms with Gasteiger partial charge >= 0.3 is 0 Å². The van der Waals surface area contributed by atoms with Gasteiger partial charge in [-0.25, -0.2) is 0 Å². The molecule has 0 aliphatic carbocycles. The Labute approximate surface area is 104 Å². The monoisotopic (exact) mass is 234 g/mol. The van der Waals surface area contributed by atoms with Gasteiger partial charge in [0.2, 0.25) is 0 Å². The Bertz CT molecular complexity index is 415. The molecule has 1 aromatic rings. The zero-order chi connectivity index (χ0) is 12.6. The molecule has 17 heavy (non-hydrogen) atoms. The zero-order valence-corrected chi connectivity index (χ0v) is 11.2. The summed E-state index contributed by atoms with van der Waals surface area (Å²) in [7, 11) is 1.72. The number of anilines is 1. The third kappa shape index (κ3) is 2.00. The molecule has 94 valence electrons. The molecule has 1 aromatic carbocycles. The van der Waals surface area contributed by atoms with Crippen LogP contribution in [0.5, 0.6) is 5.75 Å². The van der Waals surface area contributed by atoms with Gasteiger partial charge in [0.15, 0.2) is 0 Å². The van der Waals surface area contributed by atoms with Gasteiger partial charge in [-0.1, -0.05) is 6.07 Å². The smallest absolute Gasteiger partial charge is 0.142 e. The number of nitrogens with zero attached hydrogens (tertiary/aromatic N) is 1. The molecular weight excluding hydrogens is 212 g/mol. The van der Waals surface area contributed by atoms with E-state index in [0.29, 0.717) is 0 Å². The van der Waals surface area contributed by atoms with Gasteiger partial charge in [0, 0.05) is 18.1 Å². The molecule has 3 nitrogen and oxygen atoms in total. The summed E-state index contributed by atoms with van der Waals surface area (Å²) in [6.45, 7) is 7.50. The molecule has 1 fully saturated rings. The normalized spacial score (nSPS) is 22.9. The van der Waals surface area contributed by atoms with Crippen LogP contribution in [0, 0.1) is 6.92 Å². The van der Waals surface area contributed by atoms with Crippen LogP contribution >= 0.6 is 0 Å². The van der Waals surface area contributed by atoms with Crippen LogP contribution in [0.4, 0.5) is 5.69 Å². The van der Waals surface area contributed by atoms with Gasteiger partial charge in [0.25, 0.3) is 0 Å². The van der Waals surface area contributed by atoms with Crippen molar-refractivity contribution in [2.24, 2.45) is 5.73 Å². The van der Waals surface area contributed by atoms with Crippen LogP contribution in [0.15, 0.2) is 18.2 Å². The molecule has 1 heterocycles. The molecule has 1 aliphatic rings. The lowest BCUT2D eigenvalue weighted by Crippen LogP contribution is -2.49. The third-order valence-corrected chi connectivity index (χ3v) is 3.89. The van der Waals surface area contributed by atoms with Crippen LogP contribution in [-0.2, 0) is 0 Å². The minimum absolute atomic E-state index is 0.0128. The predicted octanol–water partition coefficient (Wildman–Crippen LogP) is 2.32. The molecule has 1 saturated heterocycles. The van der Waals surface area contributed by atoms with Crippen LogP contribution < -0.4 is 15.4 Å². The molecule has 0 amide bonds. The average Bonchev–Trinajstić information content (AvgIpc) is 2.54. The molecule has 2 rings (SSSR count). The summed E-state index contributed by atoms with van der Waals surface area (Å²) in [6.07, 6.45) is 1.03. The van der Waals surface area contributed by atoms with E-state index in [1.54, 1.807) is 7.11 Å². The highest BCUT2D eigenvalue weighted by atomic mass is 16.5. The van der Waals surface area contributed by atoms with Crippen molar-refractivity contribution in [1.29, 1.82) is 0 Å². The topological polar surface area (TPSA) is 38.5 Å². The Morgan fingerprint density at radius 3 is 2.65 bits per heavy atom. The number of benzene rings is 1. The number of hydrogen-bond donors (Lipinski definition) is 1. The fourth-order valence-corrected chi connectivity index (χ4v) is 2.55. The SMILES string of the molecule is COc1ccc(C)cc1N1CCC(N)C1(C)C. The van der Waals surface area contributed by atoms with Gasteiger partial charge in [0.1, 0.15) is 5.75 Å². The van der Waals surface area contributed by atoms with E-state index in [2.05, 4.69) is 37.8 Å². The van der Waals surface area contributed by atoms with Gasteiger partial charge in [-0.2, -0.15) is 0 Å². The van der Waals surface area contributed by atoms with Gasteiger partial charge in [-0.3, -0.25) is 0 Å². The van der Waals surface area contributed by atoms with Crippen LogP contribution in [0.2, 0.25) is 0 Å². The maximum atomic E-state index is 6.19. The highest BCUT2D eigenvalue weighted by Gasteiger charge is 2.40. The lowest BCUT2D eigenvalue weighted by Gasteiger charge is -2.37. The molecule has 1 unspecified atom stereocenters. The summed E-state index contributed by atoms with van der Waals surface area (Å²) in [6, 6.07) is 6.50. The Morgan fingerprint density at radius 1 is 1.41 bits per heavy atom. The first-order valence-corrected chi connectivity index (χ1v) is 6.14. The minimum atomic E-state index is -0.0128. The average molecular weight is 234 g/mol. The molecule has 0 bridgehead atoms. The first kappa shape index (κ1) is 12.2. The van der Waals surface area contributed by atoms with E-state index < -0.39 is 0 Å². The summed E-state index contributed by atoms with van der Waals surface area (Å²) in [4.78, 5) is 2.36. The van der Waals surface area contributed by atoms with Gasteiger partial charge in [-0.05, 0) is 44.9 Å². The van der Waals surface area contributed by atoms with Crippen molar-refractivity contribution in [2.75, 3.05) is 18.6 Å². The fourth-order valence-electron chi connectivity index (χ4n) is 2.55. The van der Waals surface area contributed by atoms with Crippen molar-refractivity contribution in [3.05, 3.63) is 23.8 Å². The van der Waals surface area contributed by atoms with E-state index >= 15 is 0 Å². The highest BCUT2D eigenvalue weighted by Crippen LogP contribution is 2.38. The largest absolute Gasteiger partial charge is 0.495 e. The second-order valence-corrected chi connectivity index (χ2v) is 5.38.